The van der Waals surface area contributed by atoms with E-state index in [4.69, 9.17) is 14.4 Å². The Balaban J connectivity index is 1.07. The first-order valence-corrected chi connectivity index (χ1v) is 19.4. The topological polar surface area (TPSA) is 38.9 Å². The van der Waals surface area contributed by atoms with Crippen molar-refractivity contribution < 1.29 is 4.42 Å². The molecule has 0 amide bonds. The number of furan rings is 1. The van der Waals surface area contributed by atoms with Gasteiger partial charge in [-0.25, -0.2) is 9.97 Å². The average Bonchev–Trinajstić information content (AvgIpc) is 3.92. The zero-order chi connectivity index (χ0) is 35.3. The largest absolute Gasteiger partial charge is 0.455 e. The highest BCUT2D eigenvalue weighted by molar-refractivity contribution is 7.19. The minimum atomic E-state index is 0.708. The van der Waals surface area contributed by atoms with Gasteiger partial charge in [0.25, 0.3) is 0 Å². The lowest BCUT2D eigenvalue weighted by Crippen LogP contribution is -1.97. The Morgan fingerprint density at radius 3 is 2.11 bits per heavy atom. The molecule has 0 radical (unpaired) electrons. The minimum Gasteiger partial charge on any atom is -0.455 e. The molecule has 0 saturated heterocycles. The van der Waals surface area contributed by atoms with E-state index >= 15 is 0 Å². The summed E-state index contributed by atoms with van der Waals surface area (Å²) in [6, 6.07) is 52.1. The second-order valence-electron chi connectivity index (χ2n) is 14.4. The molecular formula is C50H30N2OS. The van der Waals surface area contributed by atoms with Crippen molar-refractivity contribution in [2.24, 2.45) is 0 Å². The summed E-state index contributed by atoms with van der Waals surface area (Å²) in [5, 5.41) is 5.91. The van der Waals surface area contributed by atoms with Crippen LogP contribution in [0.2, 0.25) is 0 Å². The normalized spacial score (nSPS) is 13.0. The van der Waals surface area contributed by atoms with Crippen LogP contribution in [-0.2, 0) is 6.42 Å². The van der Waals surface area contributed by atoms with Gasteiger partial charge in [0.1, 0.15) is 11.2 Å². The maximum absolute atomic E-state index is 6.68. The third-order valence-electron chi connectivity index (χ3n) is 11.3. The molecule has 0 N–H and O–H groups in total. The van der Waals surface area contributed by atoms with Crippen LogP contribution in [0.1, 0.15) is 16.9 Å². The molecule has 3 aromatic heterocycles. The summed E-state index contributed by atoms with van der Waals surface area (Å²) in [7, 11) is 0. The molecule has 54 heavy (non-hydrogen) atoms. The fraction of sp³-hybridized carbons (Fsp3) is 0.0400. The summed E-state index contributed by atoms with van der Waals surface area (Å²) in [5.41, 5.74) is 15.6. The van der Waals surface area contributed by atoms with Gasteiger partial charge in [0, 0.05) is 53.2 Å². The Bertz CT molecular complexity index is 3200. The van der Waals surface area contributed by atoms with E-state index in [-0.39, 0.29) is 0 Å². The van der Waals surface area contributed by atoms with Gasteiger partial charge >= 0.3 is 0 Å². The van der Waals surface area contributed by atoms with Crippen molar-refractivity contribution >= 4 is 60.2 Å². The summed E-state index contributed by atoms with van der Waals surface area (Å²) in [6.45, 7) is 0. The monoisotopic (exact) mass is 706 g/mol. The Hall–Kier alpha value is -6.62. The van der Waals surface area contributed by atoms with Gasteiger partial charge in [0.15, 0.2) is 5.82 Å². The number of allylic oxidation sites excluding steroid dienone is 1. The first-order valence-electron chi connectivity index (χ1n) is 18.5. The zero-order valence-electron chi connectivity index (χ0n) is 29.1. The number of hydrogen-bond acceptors (Lipinski definition) is 4. The molecule has 7 aromatic carbocycles. The Morgan fingerprint density at radius 2 is 1.22 bits per heavy atom. The molecule has 0 fully saturated rings. The number of benzene rings is 7. The van der Waals surface area contributed by atoms with E-state index in [9.17, 15) is 0 Å². The van der Waals surface area contributed by atoms with E-state index in [0.717, 1.165) is 68.2 Å². The van der Waals surface area contributed by atoms with Crippen LogP contribution in [0.5, 0.6) is 0 Å². The van der Waals surface area contributed by atoms with Crippen molar-refractivity contribution in [3.8, 4) is 67.3 Å². The molecule has 12 rings (SSSR count). The van der Waals surface area contributed by atoms with Gasteiger partial charge in [-0.3, -0.25) is 0 Å². The van der Waals surface area contributed by atoms with E-state index in [0.29, 0.717) is 5.82 Å². The molecule has 2 aliphatic carbocycles. The third-order valence-corrected chi connectivity index (χ3v) is 12.5. The second-order valence-corrected chi connectivity index (χ2v) is 15.5. The van der Waals surface area contributed by atoms with Gasteiger partial charge in [0.05, 0.1) is 11.4 Å². The van der Waals surface area contributed by atoms with Crippen molar-refractivity contribution in [3.05, 3.63) is 162 Å². The number of aryl methyl sites for hydroxylation is 1. The lowest BCUT2D eigenvalue weighted by atomic mass is 9.96. The molecule has 0 unspecified atom stereocenters. The number of rotatable bonds is 4. The van der Waals surface area contributed by atoms with E-state index in [2.05, 4.69) is 158 Å². The molecule has 0 spiro atoms. The lowest BCUT2D eigenvalue weighted by Gasteiger charge is -2.12. The summed E-state index contributed by atoms with van der Waals surface area (Å²) in [4.78, 5) is 12.1. The van der Waals surface area contributed by atoms with Crippen LogP contribution in [0.15, 0.2) is 156 Å². The van der Waals surface area contributed by atoms with E-state index in [1.165, 1.54) is 59.3 Å². The molecule has 0 bridgehead atoms. The number of nitrogens with zero attached hydrogens (tertiary/aromatic N) is 2. The highest BCUT2D eigenvalue weighted by Gasteiger charge is 2.25. The van der Waals surface area contributed by atoms with Gasteiger partial charge in [-0.05, 0) is 88.2 Å². The maximum Gasteiger partial charge on any atom is 0.160 e. The molecule has 3 nitrogen and oxygen atoms in total. The van der Waals surface area contributed by atoms with Crippen LogP contribution in [-0.4, -0.2) is 9.97 Å². The summed E-state index contributed by atoms with van der Waals surface area (Å²) in [5.74, 6) is 0.708. The van der Waals surface area contributed by atoms with Crippen molar-refractivity contribution in [1.29, 1.82) is 0 Å². The molecular weight excluding hydrogens is 677 g/mol. The van der Waals surface area contributed by atoms with Gasteiger partial charge in [-0.2, -0.15) is 0 Å². The number of thiophene rings is 1. The maximum atomic E-state index is 6.68. The van der Waals surface area contributed by atoms with Crippen molar-refractivity contribution in [1.82, 2.24) is 9.97 Å². The van der Waals surface area contributed by atoms with Crippen LogP contribution in [0.4, 0.5) is 0 Å². The fourth-order valence-electron chi connectivity index (χ4n) is 8.77. The number of aromatic nitrogens is 2. The average molecular weight is 707 g/mol. The Kier molecular flexibility index (Phi) is 6.33. The van der Waals surface area contributed by atoms with Gasteiger partial charge in [-0.15, -0.1) is 11.3 Å². The molecule has 0 atom stereocenters. The van der Waals surface area contributed by atoms with Crippen molar-refractivity contribution in [2.45, 2.75) is 12.8 Å². The minimum absolute atomic E-state index is 0.708. The van der Waals surface area contributed by atoms with Crippen molar-refractivity contribution in [2.75, 3.05) is 0 Å². The lowest BCUT2D eigenvalue weighted by molar-refractivity contribution is 0.673. The van der Waals surface area contributed by atoms with E-state index < -0.39 is 0 Å². The molecule has 0 saturated carbocycles. The summed E-state index contributed by atoms with van der Waals surface area (Å²) >= 11 is 1.91. The molecule has 252 valence electrons. The molecule has 3 heterocycles. The highest BCUT2D eigenvalue weighted by Crippen LogP contribution is 2.51. The molecule has 2 aliphatic rings. The van der Waals surface area contributed by atoms with Crippen LogP contribution in [0.25, 0.3) is 116 Å². The summed E-state index contributed by atoms with van der Waals surface area (Å²) < 4.78 is 7.98. The third kappa shape index (κ3) is 4.41. The Labute approximate surface area is 315 Å². The van der Waals surface area contributed by atoms with Gasteiger partial charge in [0.2, 0.25) is 0 Å². The zero-order valence-corrected chi connectivity index (χ0v) is 30.0. The second kappa shape index (κ2) is 11.4. The molecule has 4 heteroatoms. The number of fused-ring (bicyclic) bond motifs is 10. The van der Waals surface area contributed by atoms with E-state index in [1.54, 1.807) is 0 Å². The number of hydrogen-bond donors (Lipinski definition) is 0. The molecule has 0 aliphatic heterocycles. The van der Waals surface area contributed by atoms with Gasteiger partial charge < -0.3 is 4.42 Å². The van der Waals surface area contributed by atoms with E-state index in [1.807, 2.05) is 11.3 Å². The first kappa shape index (κ1) is 29.9. The summed E-state index contributed by atoms with van der Waals surface area (Å²) in [6.07, 6.45) is 6.78. The predicted octanol–water partition coefficient (Wildman–Crippen LogP) is 14.0. The predicted molar refractivity (Wildman–Crippen MR) is 226 cm³/mol. The SMILES string of the molecule is C1=Cc2c(sc3cccc(-c4cc(-c5ccc6oc7c8cccc9c8c(cc7c6c5)-c5ccccc5-9)nc(-c5ccc(-c6ccccc6)cc5)n4)c23)CC1. The van der Waals surface area contributed by atoms with Crippen LogP contribution in [0, 0.1) is 0 Å². The highest BCUT2D eigenvalue weighted by atomic mass is 32.1. The van der Waals surface area contributed by atoms with Crippen molar-refractivity contribution in [3.63, 3.8) is 0 Å². The Morgan fingerprint density at radius 1 is 0.500 bits per heavy atom. The smallest absolute Gasteiger partial charge is 0.160 e. The van der Waals surface area contributed by atoms with Crippen LogP contribution >= 0.6 is 11.3 Å². The fourth-order valence-corrected chi connectivity index (χ4v) is 10.0. The quantitative estimate of drug-likeness (QED) is 0.183. The van der Waals surface area contributed by atoms with Gasteiger partial charge in [-0.1, -0.05) is 121 Å². The van der Waals surface area contributed by atoms with Crippen LogP contribution < -0.4 is 0 Å². The first-order chi connectivity index (χ1) is 26.7. The van der Waals surface area contributed by atoms with Crippen LogP contribution in [0.3, 0.4) is 0 Å². The molecule has 10 aromatic rings. The standard InChI is InChI=1S/C50H30N2OS/c1-2-10-29(11-3-1)30-20-22-31(23-21-30)50-51-42(28-43(52-50)36-16-9-19-46-48(36)37-14-6-7-18-45(37)54-46)32-24-25-44-39(26-32)41-27-40-34-13-5-4-12-33(34)35-15-8-17-38(47(35)40)49(41)53-44/h1-6,8-17,19-28H,7,18H2.